The Morgan fingerprint density at radius 2 is 2.05 bits per heavy atom. The predicted octanol–water partition coefficient (Wildman–Crippen LogP) is 1.64. The third-order valence-corrected chi connectivity index (χ3v) is 3.28. The Morgan fingerprint density at radius 3 is 2.70 bits per heavy atom. The summed E-state index contributed by atoms with van der Waals surface area (Å²) in [7, 11) is 0. The van der Waals surface area contributed by atoms with Crippen LogP contribution in [-0.4, -0.2) is 23.9 Å². The van der Waals surface area contributed by atoms with Crippen molar-refractivity contribution in [1.82, 2.24) is 5.32 Å². The van der Waals surface area contributed by atoms with E-state index in [1.54, 1.807) is 24.3 Å². The molecule has 0 saturated heterocycles. The van der Waals surface area contributed by atoms with Crippen molar-refractivity contribution in [3.8, 4) is 0 Å². The number of rotatable bonds is 6. The Morgan fingerprint density at radius 1 is 1.35 bits per heavy atom. The largest absolute Gasteiger partial charge is 0.349 e. The Labute approximate surface area is 118 Å². The van der Waals surface area contributed by atoms with Crippen molar-refractivity contribution >= 4 is 17.5 Å². The Bertz CT molecular complexity index is 498. The highest BCUT2D eigenvalue weighted by Gasteiger charge is 2.25. The molecule has 0 spiro atoms. The molecular weight excluding hydrogens is 254 g/mol. The van der Waals surface area contributed by atoms with E-state index < -0.39 is 6.04 Å². The smallest absolute Gasteiger partial charge is 0.253 e. The second-order valence-corrected chi connectivity index (χ2v) is 5.18. The minimum absolute atomic E-state index is 0.146. The summed E-state index contributed by atoms with van der Waals surface area (Å²) < 4.78 is 0. The van der Waals surface area contributed by atoms with E-state index in [4.69, 9.17) is 5.73 Å². The predicted molar refractivity (Wildman–Crippen MR) is 78.4 cm³/mol. The zero-order valence-corrected chi connectivity index (χ0v) is 11.7. The van der Waals surface area contributed by atoms with Gasteiger partial charge in [0, 0.05) is 6.04 Å². The summed E-state index contributed by atoms with van der Waals surface area (Å²) in [5.74, 6) is -0.397. The van der Waals surface area contributed by atoms with Crippen molar-refractivity contribution in [2.75, 3.05) is 5.32 Å². The van der Waals surface area contributed by atoms with Crippen LogP contribution in [0, 0.1) is 0 Å². The second-order valence-electron chi connectivity index (χ2n) is 5.18. The first-order valence-electron chi connectivity index (χ1n) is 7.08. The van der Waals surface area contributed by atoms with Crippen molar-refractivity contribution in [3.05, 3.63) is 29.8 Å². The van der Waals surface area contributed by atoms with Gasteiger partial charge in [-0.1, -0.05) is 25.5 Å². The third-order valence-electron chi connectivity index (χ3n) is 3.28. The Balaban J connectivity index is 2.06. The summed E-state index contributed by atoms with van der Waals surface area (Å²) in [4.78, 5) is 24.0. The molecular formula is C15H21N3O2. The highest BCUT2D eigenvalue weighted by Crippen LogP contribution is 2.21. The molecule has 5 nitrogen and oxygen atoms in total. The molecule has 1 aliphatic rings. The van der Waals surface area contributed by atoms with Gasteiger partial charge < -0.3 is 16.4 Å². The minimum atomic E-state index is -0.542. The van der Waals surface area contributed by atoms with Gasteiger partial charge in [0.2, 0.25) is 5.91 Å². The average Bonchev–Trinajstić information content (AvgIpc) is 3.23. The molecule has 1 unspecified atom stereocenters. The highest BCUT2D eigenvalue weighted by molar-refractivity contribution is 6.04. The molecule has 108 valence electrons. The molecule has 0 aromatic heterocycles. The number of amides is 2. The second kappa shape index (κ2) is 6.52. The van der Waals surface area contributed by atoms with E-state index in [-0.39, 0.29) is 17.9 Å². The molecule has 1 fully saturated rings. The molecule has 2 rings (SSSR count). The topological polar surface area (TPSA) is 84.2 Å². The lowest BCUT2D eigenvalue weighted by Gasteiger charge is -2.14. The number of carbonyl (C=O) groups is 2. The Kier molecular flexibility index (Phi) is 4.74. The van der Waals surface area contributed by atoms with Crippen LogP contribution < -0.4 is 16.4 Å². The van der Waals surface area contributed by atoms with Gasteiger partial charge in [0.1, 0.15) is 0 Å². The first kappa shape index (κ1) is 14.5. The molecule has 1 aliphatic carbocycles. The van der Waals surface area contributed by atoms with Crippen LogP contribution in [0.3, 0.4) is 0 Å². The van der Waals surface area contributed by atoms with Crippen molar-refractivity contribution in [2.45, 2.75) is 44.7 Å². The number of anilines is 1. The first-order chi connectivity index (χ1) is 9.61. The number of hydrogen-bond acceptors (Lipinski definition) is 3. The number of para-hydroxylation sites is 1. The SMILES string of the molecule is CCCC(N)C(=O)Nc1ccccc1C(=O)NC1CC1. The van der Waals surface area contributed by atoms with Crippen LogP contribution in [0.5, 0.6) is 0 Å². The van der Waals surface area contributed by atoms with E-state index in [9.17, 15) is 9.59 Å². The summed E-state index contributed by atoms with van der Waals surface area (Å²) in [5, 5.41) is 5.66. The fourth-order valence-electron chi connectivity index (χ4n) is 1.95. The van der Waals surface area contributed by atoms with Gasteiger partial charge in [0.05, 0.1) is 17.3 Å². The van der Waals surface area contributed by atoms with Gasteiger partial charge in [0.25, 0.3) is 5.91 Å². The van der Waals surface area contributed by atoms with E-state index in [0.29, 0.717) is 17.7 Å². The molecule has 1 aromatic carbocycles. The maximum atomic E-state index is 12.1. The Hall–Kier alpha value is -1.88. The zero-order chi connectivity index (χ0) is 14.5. The normalized spacial score (nSPS) is 15.5. The zero-order valence-electron chi connectivity index (χ0n) is 11.7. The first-order valence-corrected chi connectivity index (χ1v) is 7.08. The monoisotopic (exact) mass is 275 g/mol. The standard InChI is InChI=1S/C15H21N3O2/c1-2-5-12(16)15(20)18-13-7-4-3-6-11(13)14(19)17-10-8-9-10/h3-4,6-7,10,12H,2,5,8-9,16H2,1H3,(H,17,19)(H,18,20). The van der Waals surface area contributed by atoms with Crippen molar-refractivity contribution < 1.29 is 9.59 Å². The van der Waals surface area contributed by atoms with Crippen molar-refractivity contribution in [1.29, 1.82) is 0 Å². The van der Waals surface area contributed by atoms with E-state index in [2.05, 4.69) is 10.6 Å². The number of benzene rings is 1. The molecule has 4 N–H and O–H groups in total. The lowest BCUT2D eigenvalue weighted by Crippen LogP contribution is -2.36. The van der Waals surface area contributed by atoms with E-state index in [1.807, 2.05) is 6.92 Å². The lowest BCUT2D eigenvalue weighted by molar-refractivity contribution is -0.117. The van der Waals surface area contributed by atoms with Crippen LogP contribution in [0.2, 0.25) is 0 Å². The van der Waals surface area contributed by atoms with Gasteiger partial charge >= 0.3 is 0 Å². The summed E-state index contributed by atoms with van der Waals surface area (Å²) in [6.07, 6.45) is 3.53. The summed E-state index contributed by atoms with van der Waals surface area (Å²) in [6.45, 7) is 1.98. The van der Waals surface area contributed by atoms with Crippen LogP contribution >= 0.6 is 0 Å². The fraction of sp³-hybridized carbons (Fsp3) is 0.467. The molecule has 0 heterocycles. The average molecular weight is 275 g/mol. The van der Waals surface area contributed by atoms with Crippen LogP contribution in [0.15, 0.2) is 24.3 Å². The molecule has 5 heteroatoms. The van der Waals surface area contributed by atoms with Gasteiger partial charge in [-0.05, 0) is 31.4 Å². The van der Waals surface area contributed by atoms with Gasteiger partial charge in [-0.3, -0.25) is 9.59 Å². The number of hydrogen-bond donors (Lipinski definition) is 3. The number of carbonyl (C=O) groups excluding carboxylic acids is 2. The molecule has 1 aromatic rings. The van der Waals surface area contributed by atoms with Crippen LogP contribution in [0.4, 0.5) is 5.69 Å². The molecule has 0 radical (unpaired) electrons. The van der Waals surface area contributed by atoms with Gasteiger partial charge in [-0.25, -0.2) is 0 Å². The van der Waals surface area contributed by atoms with E-state index in [1.165, 1.54) is 0 Å². The molecule has 2 amide bonds. The lowest BCUT2D eigenvalue weighted by atomic mass is 10.1. The van der Waals surface area contributed by atoms with Crippen molar-refractivity contribution in [2.24, 2.45) is 5.73 Å². The van der Waals surface area contributed by atoms with E-state index in [0.717, 1.165) is 19.3 Å². The molecule has 0 aliphatic heterocycles. The number of nitrogens with one attached hydrogen (secondary N) is 2. The van der Waals surface area contributed by atoms with E-state index >= 15 is 0 Å². The van der Waals surface area contributed by atoms with Crippen LogP contribution in [-0.2, 0) is 4.79 Å². The number of nitrogens with two attached hydrogens (primary N) is 1. The van der Waals surface area contributed by atoms with Crippen molar-refractivity contribution in [3.63, 3.8) is 0 Å². The molecule has 1 saturated carbocycles. The van der Waals surface area contributed by atoms with Gasteiger partial charge in [0.15, 0.2) is 0 Å². The summed E-state index contributed by atoms with van der Waals surface area (Å²) in [6, 6.07) is 6.74. The van der Waals surface area contributed by atoms with Gasteiger partial charge in [-0.15, -0.1) is 0 Å². The molecule has 1 atom stereocenters. The highest BCUT2D eigenvalue weighted by atomic mass is 16.2. The fourth-order valence-corrected chi connectivity index (χ4v) is 1.95. The summed E-state index contributed by atoms with van der Waals surface area (Å²) >= 11 is 0. The van der Waals surface area contributed by atoms with Crippen LogP contribution in [0.25, 0.3) is 0 Å². The summed E-state index contributed by atoms with van der Waals surface area (Å²) in [5.41, 5.74) is 6.78. The van der Waals surface area contributed by atoms with Crippen LogP contribution in [0.1, 0.15) is 43.0 Å². The molecule has 0 bridgehead atoms. The maximum absolute atomic E-state index is 12.1. The van der Waals surface area contributed by atoms with Gasteiger partial charge in [-0.2, -0.15) is 0 Å². The minimum Gasteiger partial charge on any atom is -0.349 e. The third kappa shape index (κ3) is 3.81. The molecule has 20 heavy (non-hydrogen) atoms. The quantitative estimate of drug-likeness (QED) is 0.738. The maximum Gasteiger partial charge on any atom is 0.253 e.